The number of nitrogens with zero attached hydrogens (tertiary/aromatic N) is 1. The minimum absolute atomic E-state index is 0.0299. The lowest BCUT2D eigenvalue weighted by molar-refractivity contribution is -0.138. The fourth-order valence-corrected chi connectivity index (χ4v) is 5.22. The van der Waals surface area contributed by atoms with E-state index in [9.17, 15) is 22.8 Å². The van der Waals surface area contributed by atoms with Crippen molar-refractivity contribution in [3.63, 3.8) is 0 Å². The highest BCUT2D eigenvalue weighted by molar-refractivity contribution is 8.01. The van der Waals surface area contributed by atoms with Crippen LogP contribution >= 0.6 is 11.8 Å². The van der Waals surface area contributed by atoms with Crippen LogP contribution < -0.4 is 4.90 Å². The molecule has 8 heteroatoms. The molecule has 33 heavy (non-hydrogen) atoms. The molecule has 0 radical (unpaired) electrons. The number of aromatic carboxylic acids is 1. The summed E-state index contributed by atoms with van der Waals surface area (Å²) in [5.74, 6) is -1.32. The summed E-state index contributed by atoms with van der Waals surface area (Å²) in [6, 6.07) is 17.0. The second kappa shape index (κ2) is 8.94. The molecule has 0 aliphatic carbocycles. The number of aryl methyl sites for hydroxylation is 1. The number of amides is 1. The molecule has 1 aliphatic heterocycles. The molecule has 0 spiro atoms. The number of thioether (sulfide) groups is 1. The number of rotatable bonds is 5. The summed E-state index contributed by atoms with van der Waals surface area (Å²) >= 11 is 1.39. The maximum atomic E-state index is 13.6. The van der Waals surface area contributed by atoms with Crippen molar-refractivity contribution >= 4 is 29.3 Å². The quantitative estimate of drug-likeness (QED) is 0.499. The second-order valence-corrected chi connectivity index (χ2v) is 9.03. The topological polar surface area (TPSA) is 57.6 Å². The molecule has 0 fully saturated rings. The number of alkyl halides is 3. The van der Waals surface area contributed by atoms with Gasteiger partial charge in [0.25, 0.3) is 0 Å². The van der Waals surface area contributed by atoms with Crippen LogP contribution in [0.5, 0.6) is 0 Å². The number of halogens is 3. The summed E-state index contributed by atoms with van der Waals surface area (Å²) in [6.45, 7) is 1.71. The van der Waals surface area contributed by atoms with Crippen molar-refractivity contribution in [2.24, 2.45) is 0 Å². The Bertz CT molecular complexity index is 1210. The van der Waals surface area contributed by atoms with Gasteiger partial charge in [-0.25, -0.2) is 4.79 Å². The Morgan fingerprint density at radius 3 is 2.39 bits per heavy atom. The van der Waals surface area contributed by atoms with Gasteiger partial charge in [0.2, 0.25) is 5.91 Å². The number of carboxylic acids is 1. The van der Waals surface area contributed by atoms with Gasteiger partial charge in [-0.05, 0) is 54.3 Å². The van der Waals surface area contributed by atoms with Gasteiger partial charge in [-0.2, -0.15) is 13.2 Å². The van der Waals surface area contributed by atoms with E-state index < -0.39 is 23.0 Å². The van der Waals surface area contributed by atoms with Crippen LogP contribution in [0.3, 0.4) is 0 Å². The van der Waals surface area contributed by atoms with E-state index in [2.05, 4.69) is 0 Å². The number of hydrogen-bond acceptors (Lipinski definition) is 3. The zero-order valence-electron chi connectivity index (χ0n) is 17.6. The highest BCUT2D eigenvalue weighted by Crippen LogP contribution is 2.43. The van der Waals surface area contributed by atoms with E-state index in [1.54, 1.807) is 24.3 Å². The normalized spacial score (nSPS) is 15.9. The van der Waals surface area contributed by atoms with Crippen molar-refractivity contribution in [1.29, 1.82) is 0 Å². The summed E-state index contributed by atoms with van der Waals surface area (Å²) in [7, 11) is 0. The molecular formula is C25H20F3NO3S. The van der Waals surface area contributed by atoms with Gasteiger partial charge in [0.05, 0.1) is 28.6 Å². The first kappa shape index (κ1) is 22.9. The molecule has 3 aromatic carbocycles. The first-order valence-electron chi connectivity index (χ1n) is 10.2. The Morgan fingerprint density at radius 2 is 1.73 bits per heavy atom. The van der Waals surface area contributed by atoms with Gasteiger partial charge in [-0.15, -0.1) is 11.8 Å². The fourth-order valence-electron chi connectivity index (χ4n) is 3.88. The lowest BCUT2D eigenvalue weighted by Gasteiger charge is -2.35. The summed E-state index contributed by atoms with van der Waals surface area (Å²) in [5.41, 5.74) is 1.73. The third kappa shape index (κ3) is 4.75. The van der Waals surface area contributed by atoms with Crippen molar-refractivity contribution in [3.05, 3.63) is 94.5 Å². The fraction of sp³-hybridized carbons (Fsp3) is 0.200. The Morgan fingerprint density at radius 1 is 1.03 bits per heavy atom. The number of carbonyl (C=O) groups excluding carboxylic acids is 1. The lowest BCUT2D eigenvalue weighted by atomic mass is 10.0. The summed E-state index contributed by atoms with van der Waals surface area (Å²) in [6.07, 6.45) is -4.19. The number of carboxylic acid groups (broad SMARTS) is 1. The van der Waals surface area contributed by atoms with Gasteiger partial charge in [-0.3, -0.25) is 4.79 Å². The van der Waals surface area contributed by atoms with Crippen LogP contribution in [0.1, 0.15) is 32.6 Å². The van der Waals surface area contributed by atoms with Gasteiger partial charge in [-0.1, -0.05) is 42.5 Å². The summed E-state index contributed by atoms with van der Waals surface area (Å²) < 4.78 is 40.7. The molecule has 1 heterocycles. The van der Waals surface area contributed by atoms with Gasteiger partial charge >= 0.3 is 12.1 Å². The monoisotopic (exact) mass is 471 g/mol. The predicted molar refractivity (Wildman–Crippen MR) is 121 cm³/mol. The minimum Gasteiger partial charge on any atom is -0.478 e. The molecule has 4 rings (SSSR count). The molecule has 170 valence electrons. The summed E-state index contributed by atoms with van der Waals surface area (Å²) in [5, 5.41) is 8.54. The minimum atomic E-state index is -4.52. The molecule has 0 saturated heterocycles. The molecule has 1 aliphatic rings. The van der Waals surface area contributed by atoms with Gasteiger partial charge < -0.3 is 10.0 Å². The van der Waals surface area contributed by atoms with Gasteiger partial charge in [0.15, 0.2) is 0 Å². The first-order chi connectivity index (χ1) is 15.6. The predicted octanol–water partition coefficient (Wildman–Crippen LogP) is 5.96. The van der Waals surface area contributed by atoms with Crippen LogP contribution in [0.25, 0.3) is 0 Å². The Balaban J connectivity index is 1.69. The van der Waals surface area contributed by atoms with E-state index in [-0.39, 0.29) is 23.6 Å². The molecule has 0 bridgehead atoms. The number of hydrogen-bond donors (Lipinski definition) is 1. The van der Waals surface area contributed by atoms with Crippen molar-refractivity contribution in [1.82, 2.24) is 0 Å². The first-order valence-corrected chi connectivity index (χ1v) is 11.1. The van der Waals surface area contributed by atoms with Crippen LogP contribution in [0.2, 0.25) is 0 Å². The number of anilines is 1. The highest BCUT2D eigenvalue weighted by atomic mass is 32.2. The SMILES string of the molecule is Cc1cccc2c1SC(Cc1ccc(C(=O)O)cc1)C(=O)N2Cc1ccccc1C(F)(F)F. The van der Waals surface area contributed by atoms with Gasteiger partial charge in [0.1, 0.15) is 0 Å². The van der Waals surface area contributed by atoms with Crippen LogP contribution in [0.4, 0.5) is 18.9 Å². The maximum Gasteiger partial charge on any atom is 0.416 e. The largest absolute Gasteiger partial charge is 0.478 e. The van der Waals surface area contributed by atoms with Crippen molar-refractivity contribution in [2.75, 3.05) is 4.90 Å². The molecule has 1 atom stereocenters. The van der Waals surface area contributed by atoms with E-state index >= 15 is 0 Å². The molecular weight excluding hydrogens is 451 g/mol. The molecule has 1 amide bonds. The van der Waals surface area contributed by atoms with E-state index in [1.807, 2.05) is 13.0 Å². The average molecular weight is 472 g/mol. The maximum absolute atomic E-state index is 13.6. The third-order valence-electron chi connectivity index (χ3n) is 5.56. The number of fused-ring (bicyclic) bond motifs is 1. The van der Waals surface area contributed by atoms with Crippen LogP contribution in [-0.4, -0.2) is 22.2 Å². The molecule has 1 N–H and O–H groups in total. The highest BCUT2D eigenvalue weighted by Gasteiger charge is 2.37. The van der Waals surface area contributed by atoms with E-state index in [0.717, 1.165) is 22.1 Å². The smallest absolute Gasteiger partial charge is 0.416 e. The number of benzene rings is 3. The second-order valence-electron chi connectivity index (χ2n) is 7.82. The molecule has 3 aromatic rings. The molecule has 4 nitrogen and oxygen atoms in total. The average Bonchev–Trinajstić information content (AvgIpc) is 2.77. The zero-order valence-corrected chi connectivity index (χ0v) is 18.4. The lowest BCUT2D eigenvalue weighted by Crippen LogP contribution is -2.42. The van der Waals surface area contributed by atoms with Gasteiger partial charge in [0, 0.05) is 4.90 Å². The van der Waals surface area contributed by atoms with Crippen molar-refractivity contribution in [3.8, 4) is 0 Å². The van der Waals surface area contributed by atoms with E-state index in [0.29, 0.717) is 12.1 Å². The molecule has 1 unspecified atom stereocenters. The van der Waals surface area contributed by atoms with Crippen LogP contribution in [0.15, 0.2) is 71.6 Å². The van der Waals surface area contributed by atoms with E-state index in [4.69, 9.17) is 5.11 Å². The van der Waals surface area contributed by atoms with Crippen molar-refractivity contribution in [2.45, 2.75) is 36.2 Å². The standard InChI is InChI=1S/C25H20F3NO3S/c1-15-5-4-8-20-22(15)33-21(13-16-9-11-17(12-10-16)24(31)32)23(30)29(20)14-18-6-2-3-7-19(18)25(26,27)28/h2-12,21H,13-14H2,1H3,(H,31,32). The zero-order chi connectivity index (χ0) is 23.8. The Kier molecular flexibility index (Phi) is 6.21. The molecule has 0 aromatic heterocycles. The Hall–Kier alpha value is -3.26. The van der Waals surface area contributed by atoms with Crippen molar-refractivity contribution < 1.29 is 27.9 Å². The van der Waals surface area contributed by atoms with Crippen LogP contribution in [-0.2, 0) is 23.9 Å². The number of carbonyl (C=O) groups is 2. The molecule has 0 saturated carbocycles. The van der Waals surface area contributed by atoms with Crippen LogP contribution in [0, 0.1) is 6.92 Å². The Labute approximate surface area is 193 Å². The summed E-state index contributed by atoms with van der Waals surface area (Å²) in [4.78, 5) is 26.9. The van der Waals surface area contributed by atoms with E-state index in [1.165, 1.54) is 47.0 Å². The third-order valence-corrected chi connectivity index (χ3v) is 6.98.